The molecule has 19 heavy (non-hydrogen) atoms. The summed E-state index contributed by atoms with van der Waals surface area (Å²) in [4.78, 5) is 19.3. The van der Waals surface area contributed by atoms with Crippen molar-refractivity contribution in [2.75, 3.05) is 0 Å². The van der Waals surface area contributed by atoms with E-state index in [1.165, 1.54) is 35.6 Å². The molecule has 0 unspecified atom stereocenters. The first-order chi connectivity index (χ1) is 8.86. The second-order valence-corrected chi connectivity index (χ2v) is 6.95. The highest BCUT2D eigenvalue weighted by Gasteiger charge is 2.20. The van der Waals surface area contributed by atoms with Gasteiger partial charge < -0.3 is 5.11 Å². The van der Waals surface area contributed by atoms with Crippen LogP contribution in [-0.4, -0.2) is 25.4 Å². The van der Waals surface area contributed by atoms with Crippen LogP contribution in [0.25, 0.3) is 0 Å². The third-order valence-electron chi connectivity index (χ3n) is 2.25. The van der Waals surface area contributed by atoms with Gasteiger partial charge in [0.1, 0.15) is 10.9 Å². The average Bonchev–Trinajstić information content (AvgIpc) is 2.78. The molecule has 0 saturated heterocycles. The summed E-state index contributed by atoms with van der Waals surface area (Å²) >= 11 is 2.71. The molecule has 0 aliphatic rings. The smallest absolute Gasteiger partial charge is 0.337 e. The fourth-order valence-corrected chi connectivity index (χ4v) is 2.89. The topological polar surface area (TPSA) is 76.0 Å². The van der Waals surface area contributed by atoms with Crippen molar-refractivity contribution < 1.29 is 9.90 Å². The van der Waals surface area contributed by atoms with Crippen LogP contribution in [-0.2, 0) is 5.41 Å². The Labute approximate surface area is 119 Å². The van der Waals surface area contributed by atoms with Crippen LogP contribution in [0.15, 0.2) is 27.7 Å². The van der Waals surface area contributed by atoms with Crippen molar-refractivity contribution in [3.8, 4) is 0 Å². The molecule has 5 nitrogen and oxygen atoms in total. The zero-order valence-corrected chi connectivity index (χ0v) is 12.4. The summed E-state index contributed by atoms with van der Waals surface area (Å²) in [5.41, 5.74) is 0.104. The van der Waals surface area contributed by atoms with E-state index in [2.05, 4.69) is 35.1 Å². The largest absolute Gasteiger partial charge is 0.478 e. The zero-order valence-electron chi connectivity index (χ0n) is 10.7. The number of aromatic nitrogens is 3. The first-order valence-electron chi connectivity index (χ1n) is 5.57. The Morgan fingerprint density at radius 3 is 2.58 bits per heavy atom. The van der Waals surface area contributed by atoms with Gasteiger partial charge >= 0.3 is 5.97 Å². The lowest BCUT2D eigenvalue weighted by molar-refractivity contribution is 0.0696. The minimum absolute atomic E-state index is 0.0735. The van der Waals surface area contributed by atoms with E-state index < -0.39 is 5.97 Å². The summed E-state index contributed by atoms with van der Waals surface area (Å²) in [5, 5.41) is 9.50. The number of pyridine rings is 1. The van der Waals surface area contributed by atoms with Gasteiger partial charge in [-0.3, -0.25) is 0 Å². The van der Waals surface area contributed by atoms with E-state index in [0.29, 0.717) is 5.03 Å². The van der Waals surface area contributed by atoms with Crippen molar-refractivity contribution in [2.45, 2.75) is 35.6 Å². The molecule has 2 aromatic rings. The first kappa shape index (κ1) is 14.0. The van der Waals surface area contributed by atoms with Crippen molar-refractivity contribution in [1.29, 1.82) is 0 Å². The molecule has 0 aromatic carbocycles. The van der Waals surface area contributed by atoms with Gasteiger partial charge in [0, 0.05) is 11.6 Å². The molecule has 0 aliphatic heterocycles. The molecule has 0 spiro atoms. The summed E-state index contributed by atoms with van der Waals surface area (Å²) in [7, 11) is 0. The van der Waals surface area contributed by atoms with E-state index in [4.69, 9.17) is 5.11 Å². The van der Waals surface area contributed by atoms with E-state index in [-0.39, 0.29) is 11.0 Å². The van der Waals surface area contributed by atoms with Gasteiger partial charge in [-0.2, -0.15) is 4.37 Å². The normalized spacial score (nSPS) is 11.5. The van der Waals surface area contributed by atoms with E-state index in [9.17, 15) is 4.79 Å². The maximum absolute atomic E-state index is 10.7. The molecule has 7 heteroatoms. The Hall–Kier alpha value is -1.47. The fourth-order valence-electron chi connectivity index (χ4n) is 1.21. The Morgan fingerprint density at radius 2 is 2.11 bits per heavy atom. The molecule has 0 bridgehead atoms. The van der Waals surface area contributed by atoms with E-state index in [1.807, 2.05) is 0 Å². The Balaban J connectivity index is 2.13. The molecule has 2 rings (SSSR count). The molecule has 2 heterocycles. The summed E-state index contributed by atoms with van der Waals surface area (Å²) in [6.07, 6.45) is 1.34. The number of hydrogen-bond acceptors (Lipinski definition) is 6. The monoisotopic (exact) mass is 295 g/mol. The van der Waals surface area contributed by atoms with Gasteiger partial charge in [-0.25, -0.2) is 14.8 Å². The van der Waals surface area contributed by atoms with Gasteiger partial charge in [0.15, 0.2) is 4.34 Å². The highest BCUT2D eigenvalue weighted by molar-refractivity contribution is 8.00. The van der Waals surface area contributed by atoms with Gasteiger partial charge in [-0.1, -0.05) is 20.8 Å². The molecule has 1 N–H and O–H groups in total. The van der Waals surface area contributed by atoms with Crippen molar-refractivity contribution in [3.05, 3.63) is 29.7 Å². The van der Waals surface area contributed by atoms with Crippen LogP contribution in [0.4, 0.5) is 0 Å². The quantitative estimate of drug-likeness (QED) is 0.937. The predicted molar refractivity (Wildman–Crippen MR) is 73.9 cm³/mol. The molecule has 0 atom stereocenters. The number of carboxylic acid groups (broad SMARTS) is 1. The van der Waals surface area contributed by atoms with E-state index in [0.717, 1.165) is 10.2 Å². The minimum Gasteiger partial charge on any atom is -0.478 e. The Kier molecular flexibility index (Phi) is 3.86. The van der Waals surface area contributed by atoms with E-state index in [1.54, 1.807) is 6.07 Å². The van der Waals surface area contributed by atoms with E-state index >= 15 is 0 Å². The number of nitrogens with zero attached hydrogens (tertiary/aromatic N) is 3. The number of carbonyl (C=O) groups is 1. The molecule has 100 valence electrons. The van der Waals surface area contributed by atoms with Crippen LogP contribution in [0.3, 0.4) is 0 Å². The Morgan fingerprint density at radius 1 is 1.37 bits per heavy atom. The van der Waals surface area contributed by atoms with Gasteiger partial charge in [0.05, 0.1) is 5.56 Å². The maximum Gasteiger partial charge on any atom is 0.337 e. The molecule has 0 aliphatic carbocycles. The minimum atomic E-state index is -0.977. The SMILES string of the molecule is CC(C)(C)c1nsc(Sc2ccc(C(=O)O)cn2)n1. The summed E-state index contributed by atoms with van der Waals surface area (Å²) in [6, 6.07) is 3.20. The third kappa shape index (κ3) is 3.51. The molecule has 0 amide bonds. The number of rotatable bonds is 3. The van der Waals surface area contributed by atoms with Crippen molar-refractivity contribution in [3.63, 3.8) is 0 Å². The third-order valence-corrected chi connectivity index (χ3v) is 3.96. The van der Waals surface area contributed by atoms with Crippen LogP contribution in [0.2, 0.25) is 0 Å². The van der Waals surface area contributed by atoms with Gasteiger partial charge in [0.25, 0.3) is 0 Å². The highest BCUT2D eigenvalue weighted by Crippen LogP contribution is 2.30. The highest BCUT2D eigenvalue weighted by atomic mass is 32.2. The van der Waals surface area contributed by atoms with Gasteiger partial charge in [0.2, 0.25) is 0 Å². The number of carboxylic acids is 1. The summed E-state index contributed by atoms with van der Waals surface area (Å²) in [5.74, 6) is -0.169. The maximum atomic E-state index is 10.7. The Bertz CT molecular complexity index is 588. The van der Waals surface area contributed by atoms with Crippen molar-refractivity contribution >= 4 is 29.3 Å². The predicted octanol–water partition coefficient (Wildman–Crippen LogP) is 3.08. The van der Waals surface area contributed by atoms with Crippen LogP contribution < -0.4 is 0 Å². The molecular formula is C12H13N3O2S2. The summed E-state index contributed by atoms with van der Waals surface area (Å²) in [6.45, 7) is 6.18. The molecular weight excluding hydrogens is 282 g/mol. The van der Waals surface area contributed by atoms with Crippen LogP contribution in [0.5, 0.6) is 0 Å². The first-order valence-corrected chi connectivity index (χ1v) is 7.16. The van der Waals surface area contributed by atoms with Crippen LogP contribution >= 0.6 is 23.3 Å². The molecule has 0 radical (unpaired) electrons. The molecule has 2 aromatic heterocycles. The summed E-state index contributed by atoms with van der Waals surface area (Å²) < 4.78 is 5.12. The van der Waals surface area contributed by atoms with Crippen LogP contribution in [0.1, 0.15) is 37.0 Å². The van der Waals surface area contributed by atoms with Gasteiger partial charge in [-0.05, 0) is 35.4 Å². The lowest BCUT2D eigenvalue weighted by atomic mass is 9.96. The van der Waals surface area contributed by atoms with Crippen molar-refractivity contribution in [1.82, 2.24) is 14.3 Å². The fraction of sp³-hybridized carbons (Fsp3) is 0.333. The second-order valence-electron chi connectivity index (χ2n) is 4.93. The van der Waals surface area contributed by atoms with Crippen LogP contribution in [0, 0.1) is 0 Å². The van der Waals surface area contributed by atoms with Gasteiger partial charge in [-0.15, -0.1) is 0 Å². The lowest BCUT2D eigenvalue weighted by Crippen LogP contribution is -2.12. The standard InChI is InChI=1S/C12H13N3O2S2/c1-12(2,3)10-14-11(19-15-10)18-8-5-4-7(6-13-8)9(16)17/h4-6H,1-3H3,(H,16,17). The molecule has 0 saturated carbocycles. The van der Waals surface area contributed by atoms with Crippen molar-refractivity contribution in [2.24, 2.45) is 0 Å². The second kappa shape index (κ2) is 5.26. The average molecular weight is 295 g/mol. The zero-order chi connectivity index (χ0) is 14.0. The number of hydrogen-bond donors (Lipinski definition) is 1. The molecule has 0 fully saturated rings. The lowest BCUT2D eigenvalue weighted by Gasteiger charge is -2.12. The number of aromatic carboxylic acids is 1.